The molecule has 0 spiro atoms. The van der Waals surface area contributed by atoms with Crippen LogP contribution >= 0.6 is 0 Å². The zero-order valence-corrected chi connectivity index (χ0v) is 16.7. The van der Waals surface area contributed by atoms with Crippen LogP contribution in [0.15, 0.2) is 54.9 Å². The van der Waals surface area contributed by atoms with Gasteiger partial charge in [0.25, 0.3) is 5.91 Å². The summed E-state index contributed by atoms with van der Waals surface area (Å²) in [6, 6.07) is 14.1. The van der Waals surface area contributed by atoms with E-state index in [0.717, 1.165) is 11.1 Å². The number of nitrogens with one attached hydrogen (secondary N) is 1. The predicted molar refractivity (Wildman–Crippen MR) is 109 cm³/mol. The molecule has 0 bridgehead atoms. The molecule has 3 rings (SSSR count). The fourth-order valence-electron chi connectivity index (χ4n) is 3.08. The molecular formula is C23H23N3O3. The number of benzene rings is 1. The molecule has 0 saturated carbocycles. The third kappa shape index (κ3) is 4.46. The zero-order chi connectivity index (χ0) is 21.0. The lowest BCUT2D eigenvalue weighted by Gasteiger charge is -2.21. The lowest BCUT2D eigenvalue weighted by molar-refractivity contribution is -0.148. The van der Waals surface area contributed by atoms with Crippen molar-refractivity contribution in [1.29, 1.82) is 5.26 Å². The fraction of sp³-hybridized carbons (Fsp3) is 0.261. The number of amides is 1. The molecule has 29 heavy (non-hydrogen) atoms. The first-order valence-electron chi connectivity index (χ1n) is 9.43. The van der Waals surface area contributed by atoms with Crippen molar-refractivity contribution < 1.29 is 14.3 Å². The SMILES string of the molecule is Cc1ccc(C(=O)N[C@H](C(=O)OCc2cn3ccccc3c2C#N)C(C)C)cc1. The first kappa shape index (κ1) is 20.2. The van der Waals surface area contributed by atoms with Crippen molar-refractivity contribution >= 4 is 17.4 Å². The summed E-state index contributed by atoms with van der Waals surface area (Å²) in [5.41, 5.74) is 3.39. The minimum atomic E-state index is -0.786. The van der Waals surface area contributed by atoms with Gasteiger partial charge in [-0.2, -0.15) is 5.26 Å². The highest BCUT2D eigenvalue weighted by Gasteiger charge is 2.26. The number of ether oxygens (including phenoxy) is 1. The van der Waals surface area contributed by atoms with Crippen LogP contribution in [-0.4, -0.2) is 22.3 Å². The van der Waals surface area contributed by atoms with Crippen molar-refractivity contribution in [1.82, 2.24) is 9.72 Å². The summed E-state index contributed by atoms with van der Waals surface area (Å²) in [5.74, 6) is -1.01. The number of aryl methyl sites for hydroxylation is 1. The molecule has 0 aliphatic carbocycles. The number of carbonyl (C=O) groups excluding carboxylic acids is 2. The third-order valence-electron chi connectivity index (χ3n) is 4.76. The number of nitrogens with zero attached hydrogens (tertiary/aromatic N) is 2. The highest BCUT2D eigenvalue weighted by atomic mass is 16.5. The molecule has 1 aromatic carbocycles. The van der Waals surface area contributed by atoms with Gasteiger partial charge in [0.15, 0.2) is 0 Å². The lowest BCUT2D eigenvalue weighted by Crippen LogP contribution is -2.45. The van der Waals surface area contributed by atoms with Gasteiger partial charge in [0.05, 0.1) is 11.1 Å². The maximum absolute atomic E-state index is 12.7. The molecule has 3 aromatic rings. The Morgan fingerprint density at radius 3 is 2.55 bits per heavy atom. The molecule has 6 heteroatoms. The van der Waals surface area contributed by atoms with Gasteiger partial charge in [0, 0.05) is 23.5 Å². The average Bonchev–Trinajstić information content (AvgIpc) is 3.07. The maximum atomic E-state index is 12.7. The largest absolute Gasteiger partial charge is 0.459 e. The highest BCUT2D eigenvalue weighted by molar-refractivity contribution is 5.96. The van der Waals surface area contributed by atoms with Crippen molar-refractivity contribution in [2.24, 2.45) is 5.92 Å². The van der Waals surface area contributed by atoms with E-state index >= 15 is 0 Å². The van der Waals surface area contributed by atoms with Crippen LogP contribution in [0.4, 0.5) is 0 Å². The Labute approximate surface area is 169 Å². The van der Waals surface area contributed by atoms with Crippen LogP contribution in [0.1, 0.15) is 40.9 Å². The maximum Gasteiger partial charge on any atom is 0.329 e. The number of nitriles is 1. The number of hydrogen-bond acceptors (Lipinski definition) is 4. The first-order chi connectivity index (χ1) is 13.9. The average molecular weight is 389 g/mol. The number of hydrogen-bond donors (Lipinski definition) is 1. The van der Waals surface area contributed by atoms with Crippen molar-refractivity contribution in [3.05, 3.63) is 77.1 Å². The summed E-state index contributed by atoms with van der Waals surface area (Å²) >= 11 is 0. The molecule has 0 aliphatic heterocycles. The van der Waals surface area contributed by atoms with Crippen LogP contribution in [0.2, 0.25) is 0 Å². The zero-order valence-electron chi connectivity index (χ0n) is 16.7. The number of pyridine rings is 1. The molecule has 0 radical (unpaired) electrons. The quantitative estimate of drug-likeness (QED) is 0.653. The second kappa shape index (κ2) is 8.61. The Morgan fingerprint density at radius 2 is 1.90 bits per heavy atom. The van der Waals surface area contributed by atoms with Crippen LogP contribution in [-0.2, 0) is 16.1 Å². The molecule has 2 heterocycles. The Balaban J connectivity index is 1.71. The highest BCUT2D eigenvalue weighted by Crippen LogP contribution is 2.19. The molecule has 1 N–H and O–H groups in total. The van der Waals surface area contributed by atoms with Gasteiger partial charge in [0.1, 0.15) is 18.7 Å². The van der Waals surface area contributed by atoms with E-state index in [2.05, 4.69) is 11.4 Å². The molecule has 2 aromatic heterocycles. The van der Waals surface area contributed by atoms with E-state index in [9.17, 15) is 14.9 Å². The number of esters is 1. The van der Waals surface area contributed by atoms with Gasteiger partial charge in [-0.05, 0) is 37.1 Å². The van der Waals surface area contributed by atoms with E-state index in [1.807, 2.05) is 61.7 Å². The fourth-order valence-corrected chi connectivity index (χ4v) is 3.08. The standard InChI is InChI=1S/C23H23N3O3/c1-15(2)21(25-22(27)17-9-7-16(3)8-10-17)23(28)29-14-18-13-26-11-5-4-6-20(26)19(18)12-24/h4-11,13,15,21H,14H2,1-3H3,(H,25,27)/t21-/m0/s1. The number of rotatable bonds is 6. The molecule has 6 nitrogen and oxygen atoms in total. The van der Waals surface area contributed by atoms with Gasteiger partial charge in [-0.15, -0.1) is 0 Å². The normalized spacial score (nSPS) is 11.8. The van der Waals surface area contributed by atoms with Gasteiger partial charge in [0.2, 0.25) is 0 Å². The van der Waals surface area contributed by atoms with Gasteiger partial charge >= 0.3 is 5.97 Å². The molecule has 1 amide bonds. The summed E-state index contributed by atoms with van der Waals surface area (Å²) in [6.07, 6.45) is 3.61. The van der Waals surface area contributed by atoms with Crippen molar-refractivity contribution in [2.45, 2.75) is 33.4 Å². The van der Waals surface area contributed by atoms with E-state index in [-0.39, 0.29) is 18.4 Å². The minimum Gasteiger partial charge on any atom is -0.459 e. The first-order valence-corrected chi connectivity index (χ1v) is 9.43. The molecule has 0 unspecified atom stereocenters. The van der Waals surface area contributed by atoms with E-state index in [4.69, 9.17) is 4.74 Å². The second-order valence-electron chi connectivity index (χ2n) is 7.30. The molecule has 1 atom stereocenters. The van der Waals surface area contributed by atoms with Gasteiger partial charge in [-0.1, -0.05) is 37.6 Å². The summed E-state index contributed by atoms with van der Waals surface area (Å²) in [7, 11) is 0. The van der Waals surface area contributed by atoms with Crippen molar-refractivity contribution in [2.75, 3.05) is 0 Å². The van der Waals surface area contributed by atoms with Gasteiger partial charge < -0.3 is 14.5 Å². The van der Waals surface area contributed by atoms with E-state index < -0.39 is 12.0 Å². The number of carbonyl (C=O) groups is 2. The van der Waals surface area contributed by atoms with Gasteiger partial charge in [-0.25, -0.2) is 4.79 Å². The number of fused-ring (bicyclic) bond motifs is 1. The summed E-state index contributed by atoms with van der Waals surface area (Å²) in [4.78, 5) is 25.2. The monoisotopic (exact) mass is 389 g/mol. The van der Waals surface area contributed by atoms with E-state index in [1.54, 1.807) is 18.3 Å². The smallest absolute Gasteiger partial charge is 0.329 e. The molecule has 0 saturated heterocycles. The Bertz CT molecular complexity index is 1070. The van der Waals surface area contributed by atoms with Crippen LogP contribution in [0, 0.1) is 24.2 Å². The Morgan fingerprint density at radius 1 is 1.17 bits per heavy atom. The van der Waals surface area contributed by atoms with E-state index in [1.165, 1.54) is 0 Å². The molecule has 148 valence electrons. The third-order valence-corrected chi connectivity index (χ3v) is 4.76. The van der Waals surface area contributed by atoms with Crippen molar-refractivity contribution in [3.8, 4) is 6.07 Å². The van der Waals surface area contributed by atoms with Crippen LogP contribution in [0.25, 0.3) is 5.52 Å². The Kier molecular flexibility index (Phi) is 5.99. The Hall–Kier alpha value is -3.59. The molecular weight excluding hydrogens is 366 g/mol. The van der Waals surface area contributed by atoms with Crippen LogP contribution in [0.5, 0.6) is 0 Å². The minimum absolute atomic E-state index is 0.0347. The van der Waals surface area contributed by atoms with Crippen LogP contribution in [0.3, 0.4) is 0 Å². The summed E-state index contributed by atoms with van der Waals surface area (Å²) < 4.78 is 7.28. The summed E-state index contributed by atoms with van der Waals surface area (Å²) in [5, 5.41) is 12.2. The van der Waals surface area contributed by atoms with Gasteiger partial charge in [-0.3, -0.25) is 4.79 Å². The molecule has 0 aliphatic rings. The topological polar surface area (TPSA) is 83.6 Å². The second-order valence-corrected chi connectivity index (χ2v) is 7.30. The predicted octanol–water partition coefficient (Wildman–Crippen LogP) is 3.62. The summed E-state index contributed by atoms with van der Waals surface area (Å²) in [6.45, 7) is 5.59. The van der Waals surface area contributed by atoms with Crippen molar-refractivity contribution in [3.63, 3.8) is 0 Å². The van der Waals surface area contributed by atoms with E-state index in [0.29, 0.717) is 16.7 Å². The van der Waals surface area contributed by atoms with Crippen LogP contribution < -0.4 is 5.32 Å². The lowest BCUT2D eigenvalue weighted by atomic mass is 10.0. The number of aromatic nitrogens is 1. The molecule has 0 fully saturated rings.